The van der Waals surface area contributed by atoms with Crippen LogP contribution >= 0.6 is 0 Å². The normalized spacial score (nSPS) is 8.12. The lowest BCUT2D eigenvalue weighted by atomic mass is 10.2. The summed E-state index contributed by atoms with van der Waals surface area (Å²) >= 11 is 0. The summed E-state index contributed by atoms with van der Waals surface area (Å²) in [7, 11) is 0. The van der Waals surface area contributed by atoms with Crippen molar-refractivity contribution in [3.63, 3.8) is 0 Å². The first-order valence-corrected chi connectivity index (χ1v) is 13.9. The van der Waals surface area contributed by atoms with Crippen molar-refractivity contribution in [2.45, 2.75) is 155 Å². The molecule has 0 aliphatic carbocycles. The fourth-order valence-electron chi connectivity index (χ4n) is 0.158. The number of hydrogen-bond donors (Lipinski definition) is 7. The fourth-order valence-corrected chi connectivity index (χ4v) is 0.158. The van der Waals surface area contributed by atoms with Crippen molar-refractivity contribution in [2.24, 2.45) is 5.92 Å². The van der Waals surface area contributed by atoms with Gasteiger partial charge in [-0.3, -0.25) is 0 Å². The summed E-state index contributed by atoms with van der Waals surface area (Å²) in [5.41, 5.74) is -0.500. The van der Waals surface area contributed by atoms with E-state index in [1.165, 1.54) is 0 Å². The Kier molecular flexibility index (Phi) is 159. The standard InChI is InChI=1S/4C4H10O.C4H6.2C3H8O.C3H4.C2H6O.C2H2.CH4/c1-4(2,3)5;1-4(2)3-5;1-3-4(2)5;1-2-3-4-5;1-3-4-2;1-3(2)4;1-2-3-4;1-3-2;1-2-3;1-2;/h5H,1-3H3;2*4-5H,3H2,1-2H3;5H,2-4H2,1H3;1-2H3;3-4H,1-2H3;4H,2-3H2,1H3;1H,2H3;3H,2H2,1H3;1-2H;1H4. The van der Waals surface area contributed by atoms with Gasteiger partial charge in [0, 0.05) is 32.5 Å². The number of rotatable bonds is 5. The molecule has 0 aromatic heterocycles. The lowest BCUT2D eigenvalue weighted by Crippen LogP contribution is -2.10. The zero-order valence-corrected chi connectivity index (χ0v) is 29.3. The molecule has 256 valence electrons. The molecule has 0 saturated heterocycles. The van der Waals surface area contributed by atoms with Crippen molar-refractivity contribution < 1.29 is 35.7 Å². The number of aliphatic hydroxyl groups excluding tert-OH is 6. The summed E-state index contributed by atoms with van der Waals surface area (Å²) in [6, 6.07) is 0. The Bertz CT molecular complexity index is 396. The van der Waals surface area contributed by atoms with Crippen LogP contribution in [0.1, 0.15) is 137 Å². The van der Waals surface area contributed by atoms with E-state index in [2.05, 4.69) is 44.0 Å². The van der Waals surface area contributed by atoms with Crippen molar-refractivity contribution >= 4 is 0 Å². The molecular weight excluding hydrogens is 520 g/mol. The highest BCUT2D eigenvalue weighted by molar-refractivity contribution is 4.89. The molecule has 7 heteroatoms. The highest BCUT2D eigenvalue weighted by atomic mass is 16.3. The summed E-state index contributed by atoms with van der Waals surface area (Å²) in [6.07, 6.45) is 16.1. The predicted octanol–water partition coefficient (Wildman–Crippen LogP) is 6.30. The Morgan fingerprint density at radius 1 is 0.707 bits per heavy atom. The zero-order valence-electron chi connectivity index (χ0n) is 29.3. The molecule has 1 unspecified atom stereocenters. The maximum atomic E-state index is 8.52. The van der Waals surface area contributed by atoms with Gasteiger partial charge in [0.2, 0.25) is 0 Å². The number of terminal acetylenes is 2. The summed E-state index contributed by atoms with van der Waals surface area (Å²) in [4.78, 5) is 0. The molecule has 0 rings (SSSR count). The van der Waals surface area contributed by atoms with Crippen LogP contribution in [0.15, 0.2) is 0 Å². The smallest absolute Gasteiger partial charge is 0.0563 e. The van der Waals surface area contributed by atoms with Crippen molar-refractivity contribution in [1.82, 2.24) is 0 Å². The highest BCUT2D eigenvalue weighted by Crippen LogP contribution is 1.93. The van der Waals surface area contributed by atoms with Crippen molar-refractivity contribution in [1.29, 1.82) is 0 Å². The Hall–Kier alpha value is -1.60. The molecule has 0 aromatic rings. The molecule has 7 nitrogen and oxygen atoms in total. The van der Waals surface area contributed by atoms with Gasteiger partial charge in [0.05, 0.1) is 11.7 Å². The first kappa shape index (κ1) is 72.0. The molecule has 7 N–H and O–H groups in total. The summed E-state index contributed by atoms with van der Waals surface area (Å²) in [5.74, 6) is 8.05. The second-order valence-electron chi connectivity index (χ2n) is 9.00. The van der Waals surface area contributed by atoms with E-state index in [1.807, 2.05) is 41.5 Å². The Morgan fingerprint density at radius 3 is 0.878 bits per heavy atom. The van der Waals surface area contributed by atoms with E-state index >= 15 is 0 Å². The van der Waals surface area contributed by atoms with Crippen molar-refractivity contribution in [2.75, 3.05) is 26.4 Å². The van der Waals surface area contributed by atoms with Crippen LogP contribution in [0.25, 0.3) is 0 Å². The molecule has 0 saturated carbocycles. The fraction of sp³-hybridized carbons (Fsp3) is 0.824. The van der Waals surface area contributed by atoms with Gasteiger partial charge >= 0.3 is 0 Å². The van der Waals surface area contributed by atoms with E-state index in [1.54, 1.807) is 55.4 Å². The first-order chi connectivity index (χ1) is 18.3. The average molecular weight is 599 g/mol. The Balaban J connectivity index is -0.0000000273. The van der Waals surface area contributed by atoms with Crippen LogP contribution in [0.4, 0.5) is 0 Å². The van der Waals surface area contributed by atoms with Crippen LogP contribution in [0.3, 0.4) is 0 Å². The van der Waals surface area contributed by atoms with Gasteiger partial charge in [0.25, 0.3) is 0 Å². The van der Waals surface area contributed by atoms with Crippen molar-refractivity contribution in [3.05, 3.63) is 0 Å². The van der Waals surface area contributed by atoms with E-state index in [0.717, 1.165) is 25.7 Å². The van der Waals surface area contributed by atoms with Crippen LogP contribution < -0.4 is 0 Å². The highest BCUT2D eigenvalue weighted by Gasteiger charge is 1.97. The Labute approximate surface area is 259 Å². The molecule has 0 aliphatic heterocycles. The summed E-state index contributed by atoms with van der Waals surface area (Å²) in [5, 5.41) is 56.6. The van der Waals surface area contributed by atoms with Gasteiger partial charge in [-0.25, -0.2) is 0 Å². The summed E-state index contributed by atoms with van der Waals surface area (Å²) < 4.78 is 0. The second-order valence-corrected chi connectivity index (χ2v) is 9.00. The molecule has 0 heterocycles. The molecule has 0 amide bonds. The van der Waals surface area contributed by atoms with Gasteiger partial charge in [-0.15, -0.1) is 37.0 Å². The van der Waals surface area contributed by atoms with Gasteiger partial charge in [-0.1, -0.05) is 48.5 Å². The largest absolute Gasteiger partial charge is 0.397 e. The lowest BCUT2D eigenvalue weighted by molar-refractivity contribution is 0.102. The third kappa shape index (κ3) is 1240. The minimum Gasteiger partial charge on any atom is -0.397 e. The quantitative estimate of drug-likeness (QED) is 0.184. The van der Waals surface area contributed by atoms with E-state index in [0.29, 0.717) is 25.7 Å². The van der Waals surface area contributed by atoms with Gasteiger partial charge in [-0.2, -0.15) is 0 Å². The number of unbranched alkanes of at least 4 members (excludes halogenated alkanes) is 1. The van der Waals surface area contributed by atoms with Gasteiger partial charge in [-0.05, 0) is 94.4 Å². The molecule has 0 fully saturated rings. The molecule has 0 aliphatic rings. The van der Waals surface area contributed by atoms with E-state index in [4.69, 9.17) is 35.7 Å². The molecule has 0 aromatic carbocycles. The SMILES string of the molecule is C.C#C.C#CC.CC#CC.CC(C)(C)O.CC(C)CO.CC(C)O.CCC(C)O.CCCCO.CCCO.CCO. The van der Waals surface area contributed by atoms with Crippen LogP contribution in [-0.2, 0) is 0 Å². The minimum absolute atomic E-state index is 0. The topological polar surface area (TPSA) is 142 Å². The number of hydrogen-bond acceptors (Lipinski definition) is 7. The van der Waals surface area contributed by atoms with Gasteiger partial charge < -0.3 is 35.7 Å². The summed E-state index contributed by atoms with van der Waals surface area (Å²) in [6.45, 7) is 28.5. The van der Waals surface area contributed by atoms with Crippen LogP contribution in [0, 0.1) is 42.9 Å². The zero-order chi connectivity index (χ0) is 35.0. The van der Waals surface area contributed by atoms with Gasteiger partial charge in [0.1, 0.15) is 0 Å². The maximum Gasteiger partial charge on any atom is 0.0563 e. The number of aliphatic hydroxyl groups is 7. The molecule has 1 atom stereocenters. The van der Waals surface area contributed by atoms with Crippen LogP contribution in [0.2, 0.25) is 0 Å². The van der Waals surface area contributed by atoms with Crippen LogP contribution in [-0.4, -0.2) is 80.0 Å². The van der Waals surface area contributed by atoms with Crippen LogP contribution in [0.5, 0.6) is 0 Å². The maximum absolute atomic E-state index is 8.52. The van der Waals surface area contributed by atoms with Gasteiger partial charge in [0.15, 0.2) is 0 Å². The average Bonchev–Trinajstić information content (AvgIpc) is 2.86. The van der Waals surface area contributed by atoms with Crippen molar-refractivity contribution in [3.8, 4) is 37.0 Å². The molecule has 41 heavy (non-hydrogen) atoms. The van der Waals surface area contributed by atoms with E-state index in [-0.39, 0.29) is 26.2 Å². The minimum atomic E-state index is -0.500. The Morgan fingerprint density at radius 2 is 0.878 bits per heavy atom. The monoisotopic (exact) mass is 599 g/mol. The molecule has 0 spiro atoms. The lowest BCUT2D eigenvalue weighted by Gasteiger charge is -2.04. The molecule has 0 bridgehead atoms. The predicted molar refractivity (Wildman–Crippen MR) is 186 cm³/mol. The molecular formula is C34H78O7. The third-order valence-corrected chi connectivity index (χ3v) is 1.94. The van der Waals surface area contributed by atoms with E-state index < -0.39 is 5.60 Å². The first-order valence-electron chi connectivity index (χ1n) is 13.9. The third-order valence-electron chi connectivity index (χ3n) is 1.94. The van der Waals surface area contributed by atoms with E-state index in [9.17, 15) is 0 Å². The second kappa shape index (κ2) is 90.2. The molecule has 0 radical (unpaired) electrons.